The Morgan fingerprint density at radius 3 is 2.44 bits per heavy atom. The van der Waals surface area contributed by atoms with E-state index in [0.717, 1.165) is 32.8 Å². The van der Waals surface area contributed by atoms with Gasteiger partial charge in [-0.2, -0.15) is 0 Å². The van der Waals surface area contributed by atoms with Gasteiger partial charge in [0.05, 0.1) is 22.2 Å². The zero-order chi connectivity index (χ0) is 26.3. The molecule has 0 unspecified atom stereocenters. The monoisotopic (exact) mass is 512 g/mol. The first-order chi connectivity index (χ1) is 18.9. The number of Topliss-reactive ketones (excluding diaryl/α,β-unsaturated/α-hetero) is 1. The molecule has 2 bridgehead atoms. The van der Waals surface area contributed by atoms with Crippen LogP contribution in [0.2, 0.25) is 0 Å². The molecule has 0 amide bonds. The van der Waals surface area contributed by atoms with Crippen molar-refractivity contribution in [2.75, 3.05) is 13.6 Å². The van der Waals surface area contributed by atoms with Crippen molar-refractivity contribution in [2.45, 2.75) is 29.4 Å². The molecule has 190 valence electrons. The summed E-state index contributed by atoms with van der Waals surface area (Å²) in [6.07, 6.45) is 0.411. The fraction of sp³-hybridized carbons (Fsp3) is 0.235. The van der Waals surface area contributed by atoms with Crippen molar-refractivity contribution in [3.63, 3.8) is 0 Å². The number of fused-ring (bicyclic) bond motifs is 6. The highest BCUT2D eigenvalue weighted by molar-refractivity contribution is 6.10. The standard InChI is InChI=1S/C34H25FN2O2/c1-37-18-26(21-11-3-4-14-27(21)35)32-17-25(30-22(31(32)38)16-20-8-2-5-15-28(20)36-30)33(39)23-12-6-9-19-10-7-13-24(29(19)23)34(32,33)37/h2-16,25-26,39H,17-18H2,1H3/t25-,26+,32-,33-,34+/m0/s1. The second-order valence-corrected chi connectivity index (χ2v) is 11.8. The highest BCUT2D eigenvalue weighted by Crippen LogP contribution is 2.81. The van der Waals surface area contributed by atoms with Crippen molar-refractivity contribution in [3.8, 4) is 0 Å². The molecule has 1 aromatic heterocycles. The molecule has 2 heterocycles. The molecule has 5 atom stereocenters. The van der Waals surface area contributed by atoms with Crippen LogP contribution >= 0.6 is 0 Å². The van der Waals surface area contributed by atoms with Crippen molar-refractivity contribution in [1.29, 1.82) is 0 Å². The maximum atomic E-state index is 15.6. The number of rotatable bonds is 1. The summed E-state index contributed by atoms with van der Waals surface area (Å²) in [5, 5.41) is 16.3. The number of nitrogens with zero attached hydrogens (tertiary/aromatic N) is 2. The lowest BCUT2D eigenvalue weighted by molar-refractivity contribution is -0.104. The number of pyridine rings is 1. The van der Waals surface area contributed by atoms with E-state index in [9.17, 15) is 5.11 Å². The predicted octanol–water partition coefficient (Wildman–Crippen LogP) is 6.02. The second kappa shape index (κ2) is 6.79. The van der Waals surface area contributed by atoms with Gasteiger partial charge in [-0.05, 0) is 59.1 Å². The van der Waals surface area contributed by atoms with E-state index >= 15 is 9.18 Å². The Hall–Kier alpha value is -3.93. The first kappa shape index (κ1) is 21.9. The highest BCUT2D eigenvalue weighted by Gasteiger charge is 2.85. The number of likely N-dealkylation sites (N-methyl/N-ethyl adjacent to an activating group) is 1. The molecule has 9 rings (SSSR count). The van der Waals surface area contributed by atoms with E-state index in [1.165, 1.54) is 6.07 Å². The van der Waals surface area contributed by atoms with Gasteiger partial charge in [0.1, 0.15) is 11.4 Å². The number of likely N-dealkylation sites (tertiary alicyclic amines) is 1. The van der Waals surface area contributed by atoms with E-state index in [-0.39, 0.29) is 11.6 Å². The van der Waals surface area contributed by atoms with Crippen molar-refractivity contribution < 1.29 is 14.3 Å². The first-order valence-corrected chi connectivity index (χ1v) is 13.6. The van der Waals surface area contributed by atoms with Crippen molar-refractivity contribution in [2.24, 2.45) is 5.41 Å². The van der Waals surface area contributed by atoms with Crippen molar-refractivity contribution in [1.82, 2.24) is 9.88 Å². The highest BCUT2D eigenvalue weighted by atomic mass is 19.1. The third-order valence-electron chi connectivity index (χ3n) is 10.6. The summed E-state index contributed by atoms with van der Waals surface area (Å²) in [6, 6.07) is 28.9. The van der Waals surface area contributed by atoms with Gasteiger partial charge in [0.25, 0.3) is 0 Å². The summed E-state index contributed by atoms with van der Waals surface area (Å²) in [5.41, 5.74) is 0.826. The molecule has 1 N–H and O–H groups in total. The Labute approximate surface area is 224 Å². The summed E-state index contributed by atoms with van der Waals surface area (Å²) in [6.45, 7) is 0.461. The molecule has 4 aromatic carbocycles. The van der Waals surface area contributed by atoms with Gasteiger partial charge < -0.3 is 5.11 Å². The zero-order valence-electron chi connectivity index (χ0n) is 21.4. The average Bonchev–Trinajstić information content (AvgIpc) is 3.45. The summed E-state index contributed by atoms with van der Waals surface area (Å²) in [7, 11) is 2.00. The van der Waals surface area contributed by atoms with E-state index in [1.807, 2.05) is 67.7 Å². The maximum absolute atomic E-state index is 15.6. The van der Waals surface area contributed by atoms with Crippen molar-refractivity contribution in [3.05, 3.63) is 125 Å². The van der Waals surface area contributed by atoms with Gasteiger partial charge in [-0.25, -0.2) is 4.39 Å². The molecular formula is C34H25FN2O2. The van der Waals surface area contributed by atoms with Gasteiger partial charge in [0.15, 0.2) is 5.78 Å². The van der Waals surface area contributed by atoms with Gasteiger partial charge >= 0.3 is 0 Å². The molecular weight excluding hydrogens is 487 g/mol. The summed E-state index contributed by atoms with van der Waals surface area (Å²) >= 11 is 0. The Morgan fingerprint density at radius 2 is 1.62 bits per heavy atom. The van der Waals surface area contributed by atoms with E-state index in [2.05, 4.69) is 23.1 Å². The summed E-state index contributed by atoms with van der Waals surface area (Å²) < 4.78 is 15.6. The van der Waals surface area contributed by atoms with Crippen LogP contribution in [0.3, 0.4) is 0 Å². The quantitative estimate of drug-likeness (QED) is 0.298. The number of carbonyl (C=O) groups excluding carboxylic acids is 1. The Kier molecular flexibility index (Phi) is 3.82. The second-order valence-electron chi connectivity index (χ2n) is 11.8. The summed E-state index contributed by atoms with van der Waals surface area (Å²) in [5.74, 6) is -1.20. The Balaban J connectivity index is 1.47. The van der Waals surface area contributed by atoms with Crippen LogP contribution in [-0.2, 0) is 11.1 Å². The number of aromatic nitrogens is 1. The fourth-order valence-corrected chi connectivity index (χ4v) is 9.45. The minimum atomic E-state index is -1.42. The number of ketones is 1. The van der Waals surface area contributed by atoms with E-state index < -0.39 is 28.4 Å². The lowest BCUT2D eigenvalue weighted by Gasteiger charge is -2.48. The van der Waals surface area contributed by atoms with Gasteiger partial charge in [0, 0.05) is 29.3 Å². The van der Waals surface area contributed by atoms with Crippen molar-refractivity contribution >= 4 is 27.5 Å². The zero-order valence-corrected chi connectivity index (χ0v) is 21.4. The van der Waals surface area contributed by atoms with Crippen LogP contribution in [0.15, 0.2) is 91.0 Å². The number of benzene rings is 4. The fourth-order valence-electron chi connectivity index (χ4n) is 9.45. The van der Waals surface area contributed by atoms with E-state index in [1.54, 1.807) is 6.07 Å². The van der Waals surface area contributed by atoms with E-state index in [0.29, 0.717) is 29.8 Å². The molecule has 1 saturated heterocycles. The number of halogens is 1. The van der Waals surface area contributed by atoms with Crippen LogP contribution in [0.25, 0.3) is 21.7 Å². The van der Waals surface area contributed by atoms with Crippen LogP contribution in [0.5, 0.6) is 0 Å². The third kappa shape index (κ3) is 2.10. The molecule has 2 fully saturated rings. The van der Waals surface area contributed by atoms with Crippen LogP contribution < -0.4 is 0 Å². The summed E-state index contributed by atoms with van der Waals surface area (Å²) in [4.78, 5) is 22.4. The molecule has 1 aliphatic heterocycles. The normalized spacial score (nSPS) is 32.0. The third-order valence-corrected chi connectivity index (χ3v) is 10.6. The topological polar surface area (TPSA) is 53.4 Å². The number of para-hydroxylation sites is 1. The molecule has 5 heteroatoms. The van der Waals surface area contributed by atoms with Gasteiger partial charge in [-0.3, -0.25) is 14.7 Å². The van der Waals surface area contributed by atoms with Gasteiger partial charge in [-0.15, -0.1) is 0 Å². The number of hydrogen-bond acceptors (Lipinski definition) is 4. The van der Waals surface area contributed by atoms with Crippen LogP contribution in [0.1, 0.15) is 51.0 Å². The molecule has 5 aromatic rings. The molecule has 3 aliphatic carbocycles. The van der Waals surface area contributed by atoms with Crippen LogP contribution in [0, 0.1) is 11.2 Å². The minimum Gasteiger partial charge on any atom is -0.382 e. The number of carbonyl (C=O) groups is 1. The molecule has 4 aliphatic rings. The van der Waals surface area contributed by atoms with Crippen LogP contribution in [0.4, 0.5) is 4.39 Å². The largest absolute Gasteiger partial charge is 0.382 e. The van der Waals surface area contributed by atoms with Gasteiger partial charge in [0.2, 0.25) is 0 Å². The SMILES string of the molecule is CN1C[C@H](c2ccccc2F)[C@@]23C[C@@H](c4nc5ccccc5cc4C2=O)[C@@]2(O)c4cccc5cccc(c45)[C@@]132. The first-order valence-electron chi connectivity index (χ1n) is 13.6. The van der Waals surface area contributed by atoms with E-state index in [4.69, 9.17) is 4.98 Å². The maximum Gasteiger partial charge on any atom is 0.173 e. The molecule has 2 spiro atoms. The predicted molar refractivity (Wildman–Crippen MR) is 147 cm³/mol. The number of hydrogen-bond donors (Lipinski definition) is 1. The Morgan fingerprint density at radius 1 is 0.897 bits per heavy atom. The Bertz CT molecular complexity index is 1930. The smallest absolute Gasteiger partial charge is 0.173 e. The van der Waals surface area contributed by atoms with Crippen LogP contribution in [-0.4, -0.2) is 34.4 Å². The molecule has 0 radical (unpaired) electrons. The lowest BCUT2D eigenvalue weighted by Crippen LogP contribution is -2.58. The molecule has 4 nitrogen and oxygen atoms in total. The minimum absolute atomic E-state index is 0.0367. The molecule has 39 heavy (non-hydrogen) atoms. The number of aliphatic hydroxyl groups is 1. The average molecular weight is 513 g/mol. The van der Waals surface area contributed by atoms with Gasteiger partial charge in [-0.1, -0.05) is 72.8 Å². The lowest BCUT2D eigenvalue weighted by atomic mass is 9.57. The molecule has 1 saturated carbocycles.